The number of hydrogen-bond acceptors (Lipinski definition) is 5. The van der Waals surface area contributed by atoms with E-state index in [0.29, 0.717) is 0 Å². The number of likely N-dealkylation sites (tertiary alicyclic amines) is 1. The molecule has 0 bridgehead atoms. The monoisotopic (exact) mass is 480 g/mol. The van der Waals surface area contributed by atoms with Crippen LogP contribution in [0.3, 0.4) is 0 Å². The summed E-state index contributed by atoms with van der Waals surface area (Å²) in [5.41, 5.74) is 4.21. The Labute approximate surface area is 208 Å². The molecule has 0 amide bonds. The van der Waals surface area contributed by atoms with Gasteiger partial charge < -0.3 is 4.90 Å². The van der Waals surface area contributed by atoms with E-state index in [2.05, 4.69) is 75.8 Å². The van der Waals surface area contributed by atoms with E-state index in [4.69, 9.17) is 16.6 Å². The predicted molar refractivity (Wildman–Crippen MR) is 142 cm³/mol. The molecule has 5 rings (SSSR count). The van der Waals surface area contributed by atoms with Crippen LogP contribution in [0.1, 0.15) is 57.7 Å². The van der Waals surface area contributed by atoms with Gasteiger partial charge in [0.15, 0.2) is 0 Å². The second kappa shape index (κ2) is 9.84. The second-order valence-corrected chi connectivity index (χ2v) is 10.3. The Balaban J connectivity index is 1.45. The summed E-state index contributed by atoms with van der Waals surface area (Å²) in [4.78, 5) is 17.3. The Morgan fingerprint density at radius 1 is 1.15 bits per heavy atom. The van der Waals surface area contributed by atoms with Crippen LogP contribution in [0.5, 0.6) is 0 Å². The average Bonchev–Trinajstić information content (AvgIpc) is 3.66. The largest absolute Gasteiger partial charge is 0.355 e. The van der Waals surface area contributed by atoms with Crippen molar-refractivity contribution in [3.8, 4) is 0 Å². The molecule has 0 unspecified atom stereocenters. The fourth-order valence-corrected chi connectivity index (χ4v) is 6.10. The summed E-state index contributed by atoms with van der Waals surface area (Å²) in [6.45, 7) is 12.4. The summed E-state index contributed by atoms with van der Waals surface area (Å²) in [5.74, 6) is 1.16. The lowest BCUT2D eigenvalue weighted by atomic mass is 9.89. The fraction of sp³-hybridized carbons (Fsp3) is 0.556. The van der Waals surface area contributed by atoms with Crippen molar-refractivity contribution in [3.05, 3.63) is 53.5 Å². The van der Waals surface area contributed by atoms with E-state index in [1.165, 1.54) is 18.4 Å². The number of anilines is 1. The third kappa shape index (κ3) is 4.32. The molecule has 0 N–H and O–H groups in total. The molecule has 1 aliphatic carbocycles. The lowest BCUT2D eigenvalue weighted by Gasteiger charge is -2.39. The molecule has 182 valence electrons. The van der Waals surface area contributed by atoms with Gasteiger partial charge in [0.2, 0.25) is 0 Å². The van der Waals surface area contributed by atoms with Gasteiger partial charge in [0, 0.05) is 38.4 Å². The number of hydrogen-bond donors (Lipinski definition) is 0. The molecule has 2 aromatic rings. The lowest BCUT2D eigenvalue weighted by Crippen LogP contribution is -2.47. The number of halogens is 1. The van der Waals surface area contributed by atoms with Crippen LogP contribution in [0.25, 0.3) is 5.65 Å². The van der Waals surface area contributed by atoms with Crippen molar-refractivity contribution in [2.75, 3.05) is 38.1 Å². The first-order chi connectivity index (χ1) is 16.5. The third-order valence-corrected chi connectivity index (χ3v) is 8.29. The van der Waals surface area contributed by atoms with Crippen molar-refractivity contribution in [3.63, 3.8) is 0 Å². The number of aliphatic imine (C=N–C) groups is 1. The van der Waals surface area contributed by atoms with Gasteiger partial charge in [-0.15, -0.1) is 0 Å². The molecule has 2 saturated heterocycles. The minimum atomic E-state index is 0.158. The van der Waals surface area contributed by atoms with E-state index >= 15 is 0 Å². The highest BCUT2D eigenvalue weighted by atomic mass is 35.5. The smallest absolute Gasteiger partial charge is 0.139 e. The highest BCUT2D eigenvalue weighted by Crippen LogP contribution is 2.39. The molecule has 0 spiro atoms. The number of imidazole rings is 1. The molecule has 7 heteroatoms. The van der Waals surface area contributed by atoms with E-state index < -0.39 is 0 Å². The van der Waals surface area contributed by atoms with Crippen LogP contribution in [-0.4, -0.2) is 70.2 Å². The van der Waals surface area contributed by atoms with Crippen LogP contribution < -0.4 is 4.90 Å². The topological polar surface area (TPSA) is 39.4 Å². The zero-order valence-corrected chi connectivity index (χ0v) is 21.5. The minimum Gasteiger partial charge on any atom is -0.355 e. The van der Waals surface area contributed by atoms with Gasteiger partial charge in [-0.3, -0.25) is 19.2 Å². The molecule has 6 nitrogen and oxygen atoms in total. The van der Waals surface area contributed by atoms with Crippen LogP contribution in [0.4, 0.5) is 5.82 Å². The molecule has 2 aliphatic heterocycles. The summed E-state index contributed by atoms with van der Waals surface area (Å²) < 4.78 is 2.16. The Bertz CT molecular complexity index is 1110. The fourth-order valence-electron chi connectivity index (χ4n) is 5.76. The minimum absolute atomic E-state index is 0.158. The number of aromatic nitrogens is 2. The number of allylic oxidation sites excluding steroid dienone is 1. The quantitative estimate of drug-likeness (QED) is 0.522. The van der Waals surface area contributed by atoms with Gasteiger partial charge in [-0.25, -0.2) is 4.98 Å². The molecule has 34 heavy (non-hydrogen) atoms. The highest BCUT2D eigenvalue weighted by molar-refractivity contribution is 6.30. The second-order valence-electron chi connectivity index (χ2n) is 9.92. The number of pyridine rings is 1. The van der Waals surface area contributed by atoms with Crippen molar-refractivity contribution >= 4 is 28.8 Å². The summed E-state index contributed by atoms with van der Waals surface area (Å²) in [5, 5.41) is 0.748. The summed E-state index contributed by atoms with van der Waals surface area (Å²) >= 11 is 7.13. The molecular weight excluding hydrogens is 444 g/mol. The van der Waals surface area contributed by atoms with Crippen molar-refractivity contribution in [2.24, 2.45) is 4.99 Å². The van der Waals surface area contributed by atoms with Crippen LogP contribution in [0.15, 0.2) is 47.6 Å². The van der Waals surface area contributed by atoms with Crippen molar-refractivity contribution in [1.82, 2.24) is 19.2 Å². The molecule has 2 atom stereocenters. The van der Waals surface area contributed by atoms with Crippen LogP contribution >= 0.6 is 11.6 Å². The number of fused-ring (bicyclic) bond motifs is 1. The number of piperazine rings is 1. The first-order valence-electron chi connectivity index (χ1n) is 12.7. The number of nitrogens with zero attached hydrogens (tertiary/aromatic N) is 6. The van der Waals surface area contributed by atoms with Gasteiger partial charge in [-0.1, -0.05) is 30.3 Å². The Hall–Kier alpha value is -2.15. The molecule has 0 aromatic carbocycles. The van der Waals surface area contributed by atoms with E-state index in [1.807, 2.05) is 0 Å². The average molecular weight is 481 g/mol. The normalized spacial score (nSPS) is 25.8. The van der Waals surface area contributed by atoms with Crippen LogP contribution in [0, 0.1) is 0 Å². The maximum Gasteiger partial charge on any atom is 0.139 e. The Morgan fingerprint density at radius 2 is 1.91 bits per heavy atom. The van der Waals surface area contributed by atoms with E-state index in [9.17, 15) is 0 Å². The summed E-state index contributed by atoms with van der Waals surface area (Å²) in [6.07, 6.45) is 9.77. The van der Waals surface area contributed by atoms with Gasteiger partial charge in [-0.2, -0.15) is 0 Å². The van der Waals surface area contributed by atoms with Crippen LogP contribution in [0.2, 0.25) is 5.15 Å². The zero-order chi connectivity index (χ0) is 23.8. The molecular formula is C27H37ClN6. The molecule has 3 fully saturated rings. The zero-order valence-electron chi connectivity index (χ0n) is 20.8. The Morgan fingerprint density at radius 3 is 2.59 bits per heavy atom. The maximum atomic E-state index is 7.13. The van der Waals surface area contributed by atoms with Crippen molar-refractivity contribution in [1.29, 1.82) is 0 Å². The summed E-state index contributed by atoms with van der Waals surface area (Å²) in [6, 6.07) is 7.59. The van der Waals surface area contributed by atoms with E-state index in [1.54, 1.807) is 6.20 Å². The number of rotatable bonds is 6. The highest BCUT2D eigenvalue weighted by Gasteiger charge is 2.36. The molecule has 1 saturated carbocycles. The Kier molecular flexibility index (Phi) is 6.83. The number of piperidine rings is 1. The maximum absolute atomic E-state index is 7.13. The SMILES string of the molecule is C=CN=C(/C(C)=C\C)[C@@H]1CCC[C@H](c2nc3cccc(N4CCN(C5CC5)CC4)n3c2Cl)N1C. The molecule has 4 heterocycles. The van der Waals surface area contributed by atoms with E-state index in [-0.39, 0.29) is 12.1 Å². The van der Waals surface area contributed by atoms with E-state index in [0.717, 1.165) is 79.5 Å². The van der Waals surface area contributed by atoms with Gasteiger partial charge >= 0.3 is 0 Å². The van der Waals surface area contributed by atoms with Gasteiger partial charge in [0.1, 0.15) is 16.6 Å². The standard InChI is InChI=1S/C27H37ClN6/c1-5-19(3)25(29-6-2)21-9-7-10-22(31(21)4)26-27(28)34-23(30-26)11-8-12-24(34)33-17-15-32(16-18-33)20-13-14-20/h5-6,8,11-12,20-22H,2,7,9-10,13-18H2,1,3-4H3/b19-5-,29-25?/t21-,22+/m0/s1. The van der Waals surface area contributed by atoms with Crippen molar-refractivity contribution in [2.45, 2.75) is 64.1 Å². The molecule has 0 radical (unpaired) electrons. The first-order valence-corrected chi connectivity index (χ1v) is 13.1. The molecule has 3 aliphatic rings. The van der Waals surface area contributed by atoms with Gasteiger partial charge in [-0.05, 0) is 70.7 Å². The van der Waals surface area contributed by atoms with Crippen molar-refractivity contribution < 1.29 is 0 Å². The third-order valence-electron chi connectivity index (χ3n) is 7.93. The van der Waals surface area contributed by atoms with Crippen LogP contribution in [-0.2, 0) is 0 Å². The lowest BCUT2D eigenvalue weighted by molar-refractivity contribution is 0.151. The summed E-state index contributed by atoms with van der Waals surface area (Å²) in [7, 11) is 2.19. The first kappa shape index (κ1) is 23.6. The predicted octanol–water partition coefficient (Wildman–Crippen LogP) is 5.35. The molecule has 2 aromatic heterocycles. The van der Waals surface area contributed by atoms with Gasteiger partial charge in [0.25, 0.3) is 0 Å². The van der Waals surface area contributed by atoms with Gasteiger partial charge in [0.05, 0.1) is 23.5 Å².